The van der Waals surface area contributed by atoms with Gasteiger partial charge in [0.25, 0.3) is 5.91 Å². The zero-order valence-electron chi connectivity index (χ0n) is 9.99. The quantitative estimate of drug-likeness (QED) is 0.393. The lowest BCUT2D eigenvalue weighted by atomic mass is 10.1. The lowest BCUT2D eigenvalue weighted by Gasteiger charge is -2.28. The van der Waals surface area contributed by atoms with Gasteiger partial charge in [-0.25, -0.2) is 0 Å². The van der Waals surface area contributed by atoms with E-state index in [1.165, 1.54) is 7.05 Å². The average molecular weight is 259 g/mol. The minimum atomic E-state index is -0.416. The molecule has 0 aromatic rings. The topological polar surface area (TPSA) is 70.7 Å². The fraction of sp³-hybridized carbons (Fsp3) is 0.700. The van der Waals surface area contributed by atoms with Crippen LogP contribution >= 0.6 is 12.2 Å². The summed E-state index contributed by atoms with van der Waals surface area (Å²) in [7, 11) is 3.09. The maximum Gasteiger partial charge on any atom is 0.251 e. The van der Waals surface area contributed by atoms with Crippen molar-refractivity contribution in [3.8, 4) is 0 Å². The van der Waals surface area contributed by atoms with Crippen LogP contribution in [0.5, 0.6) is 0 Å². The molecule has 0 aliphatic carbocycles. The van der Waals surface area contributed by atoms with E-state index in [0.717, 1.165) is 4.90 Å². The predicted octanol–water partition coefficient (Wildman–Crippen LogP) is -0.756. The molecule has 1 aliphatic rings. The van der Waals surface area contributed by atoms with Gasteiger partial charge < -0.3 is 15.4 Å². The highest BCUT2D eigenvalue weighted by Crippen LogP contribution is 2.11. The summed E-state index contributed by atoms with van der Waals surface area (Å²) in [4.78, 5) is 24.1. The van der Waals surface area contributed by atoms with Crippen LogP contribution in [0.3, 0.4) is 0 Å². The molecule has 1 rings (SSSR count). The molecule has 1 saturated heterocycles. The highest BCUT2D eigenvalue weighted by atomic mass is 32.1. The Kier molecular flexibility index (Phi) is 5.30. The van der Waals surface area contributed by atoms with E-state index in [1.54, 1.807) is 7.11 Å². The molecule has 1 unspecified atom stereocenters. The van der Waals surface area contributed by atoms with Gasteiger partial charge in [-0.15, -0.1) is 0 Å². The second-order valence-electron chi connectivity index (χ2n) is 3.78. The van der Waals surface area contributed by atoms with Crippen LogP contribution in [0.1, 0.15) is 12.8 Å². The van der Waals surface area contributed by atoms with Gasteiger partial charge in [0.05, 0.1) is 6.61 Å². The summed E-state index contributed by atoms with van der Waals surface area (Å²) in [6.45, 7) is 1.12. The number of rotatable bonds is 4. The van der Waals surface area contributed by atoms with Crippen LogP contribution in [-0.4, -0.2) is 55.2 Å². The van der Waals surface area contributed by atoms with Crippen LogP contribution in [0.2, 0.25) is 0 Å². The molecule has 0 bridgehead atoms. The van der Waals surface area contributed by atoms with Crippen LogP contribution in [0, 0.1) is 0 Å². The Hall–Kier alpha value is -1.21. The first-order valence-corrected chi connectivity index (χ1v) is 5.80. The van der Waals surface area contributed by atoms with Crippen molar-refractivity contribution in [1.82, 2.24) is 15.5 Å². The lowest BCUT2D eigenvalue weighted by Crippen LogP contribution is -2.54. The molecule has 2 N–H and O–H groups in total. The van der Waals surface area contributed by atoms with Crippen molar-refractivity contribution in [2.45, 2.75) is 18.9 Å². The molecule has 1 fully saturated rings. The summed E-state index contributed by atoms with van der Waals surface area (Å²) in [5.41, 5.74) is 0. The molecule has 0 spiro atoms. The third-order valence-corrected chi connectivity index (χ3v) is 2.81. The second kappa shape index (κ2) is 6.51. The third-order valence-electron chi connectivity index (χ3n) is 2.55. The normalized spacial score (nSPS) is 20.4. The molecule has 0 aromatic heterocycles. The number of likely N-dealkylation sites (tertiary alicyclic amines) is 1. The number of carbonyl (C=O) groups is 2. The largest absolute Gasteiger partial charge is 0.383 e. The molecule has 7 heteroatoms. The summed E-state index contributed by atoms with van der Waals surface area (Å²) in [5.74, 6) is -0.386. The first-order chi connectivity index (χ1) is 8.06. The fourth-order valence-corrected chi connectivity index (χ4v) is 1.77. The van der Waals surface area contributed by atoms with Gasteiger partial charge in [0, 0.05) is 27.1 Å². The number of carbonyl (C=O) groups excluding carboxylic acids is 2. The summed E-state index contributed by atoms with van der Waals surface area (Å²) < 4.78 is 4.86. The molecule has 0 aromatic carbocycles. The van der Waals surface area contributed by atoms with Crippen LogP contribution in [-0.2, 0) is 14.3 Å². The molecule has 0 radical (unpaired) electrons. The Morgan fingerprint density at radius 2 is 2.29 bits per heavy atom. The second-order valence-corrected chi connectivity index (χ2v) is 4.18. The fourth-order valence-electron chi connectivity index (χ4n) is 1.53. The van der Waals surface area contributed by atoms with Gasteiger partial charge >= 0.3 is 0 Å². The first kappa shape index (κ1) is 13.9. The number of nitrogens with zero attached hydrogens (tertiary/aromatic N) is 1. The number of hydrogen-bond acceptors (Lipinski definition) is 4. The van der Waals surface area contributed by atoms with Crippen molar-refractivity contribution in [2.24, 2.45) is 0 Å². The minimum absolute atomic E-state index is 0.147. The Bertz CT molecular complexity index is 322. The van der Waals surface area contributed by atoms with Crippen LogP contribution in [0.25, 0.3) is 0 Å². The minimum Gasteiger partial charge on any atom is -0.383 e. The Labute approximate surface area is 106 Å². The number of imide groups is 1. The first-order valence-electron chi connectivity index (χ1n) is 5.40. The van der Waals surface area contributed by atoms with Crippen molar-refractivity contribution >= 4 is 29.1 Å². The van der Waals surface area contributed by atoms with E-state index >= 15 is 0 Å². The third kappa shape index (κ3) is 3.94. The molecule has 96 valence electrons. The Morgan fingerprint density at radius 1 is 1.59 bits per heavy atom. The van der Waals surface area contributed by atoms with Crippen molar-refractivity contribution in [3.05, 3.63) is 0 Å². The van der Waals surface area contributed by atoms with Crippen molar-refractivity contribution < 1.29 is 14.3 Å². The van der Waals surface area contributed by atoms with E-state index in [0.29, 0.717) is 31.1 Å². The van der Waals surface area contributed by atoms with E-state index < -0.39 is 6.04 Å². The van der Waals surface area contributed by atoms with E-state index in [4.69, 9.17) is 17.0 Å². The molecule has 1 heterocycles. The lowest BCUT2D eigenvalue weighted by molar-refractivity contribution is -0.147. The van der Waals surface area contributed by atoms with Crippen LogP contribution in [0.15, 0.2) is 0 Å². The summed E-state index contributed by atoms with van der Waals surface area (Å²) in [5, 5.41) is 6.22. The Balaban J connectivity index is 2.38. The van der Waals surface area contributed by atoms with Gasteiger partial charge in [-0.2, -0.15) is 0 Å². The van der Waals surface area contributed by atoms with Gasteiger partial charge in [-0.1, -0.05) is 0 Å². The molecule has 6 nitrogen and oxygen atoms in total. The number of methoxy groups -OCH3 is 1. The van der Waals surface area contributed by atoms with Gasteiger partial charge in [0.2, 0.25) is 5.91 Å². The molecular formula is C10H17N3O3S. The highest BCUT2D eigenvalue weighted by Gasteiger charge is 2.31. The number of piperidine rings is 1. The monoisotopic (exact) mass is 259 g/mol. The standard InChI is InChI=1S/C10H17N3O3S/c1-13-8(14)4-3-7(9(13)15)12-10(17)11-5-6-16-2/h7H,3-6H2,1-2H3,(H2,11,12,17). The molecule has 0 saturated carbocycles. The van der Waals surface area contributed by atoms with E-state index in [-0.39, 0.29) is 11.8 Å². The van der Waals surface area contributed by atoms with Crippen LogP contribution in [0.4, 0.5) is 0 Å². The van der Waals surface area contributed by atoms with Gasteiger partial charge in [0.15, 0.2) is 5.11 Å². The number of likely N-dealkylation sites (N-methyl/N-ethyl adjacent to an activating group) is 1. The summed E-state index contributed by atoms with van der Waals surface area (Å²) in [6.07, 6.45) is 0.842. The molecule has 2 amide bonds. The Morgan fingerprint density at radius 3 is 2.94 bits per heavy atom. The average Bonchev–Trinajstić information content (AvgIpc) is 2.30. The SMILES string of the molecule is COCCNC(=S)NC1CCC(=O)N(C)C1=O. The molecule has 1 aliphatic heterocycles. The number of hydrogen-bond donors (Lipinski definition) is 2. The number of thiocarbonyl (C=S) groups is 1. The number of ether oxygens (including phenoxy) is 1. The van der Waals surface area contributed by atoms with E-state index in [1.807, 2.05) is 0 Å². The van der Waals surface area contributed by atoms with Crippen molar-refractivity contribution in [1.29, 1.82) is 0 Å². The van der Waals surface area contributed by atoms with Gasteiger partial charge in [-0.05, 0) is 18.6 Å². The summed E-state index contributed by atoms with van der Waals surface area (Å²) >= 11 is 5.04. The van der Waals surface area contributed by atoms with Gasteiger partial charge in [-0.3, -0.25) is 14.5 Å². The van der Waals surface area contributed by atoms with Crippen molar-refractivity contribution in [3.63, 3.8) is 0 Å². The number of nitrogens with one attached hydrogen (secondary N) is 2. The van der Waals surface area contributed by atoms with E-state index in [2.05, 4.69) is 10.6 Å². The van der Waals surface area contributed by atoms with Gasteiger partial charge in [0.1, 0.15) is 6.04 Å². The maximum atomic E-state index is 11.7. The smallest absolute Gasteiger partial charge is 0.251 e. The molecule has 17 heavy (non-hydrogen) atoms. The van der Waals surface area contributed by atoms with Crippen molar-refractivity contribution in [2.75, 3.05) is 27.3 Å². The highest BCUT2D eigenvalue weighted by molar-refractivity contribution is 7.80. The molecular weight excluding hydrogens is 242 g/mol. The van der Waals surface area contributed by atoms with Crippen LogP contribution < -0.4 is 10.6 Å². The predicted molar refractivity (Wildman–Crippen MR) is 66.4 cm³/mol. The summed E-state index contributed by atoms with van der Waals surface area (Å²) in [6, 6.07) is -0.416. The number of amides is 2. The van der Waals surface area contributed by atoms with E-state index in [9.17, 15) is 9.59 Å². The maximum absolute atomic E-state index is 11.7. The zero-order valence-corrected chi connectivity index (χ0v) is 10.8. The molecule has 1 atom stereocenters. The zero-order chi connectivity index (χ0) is 12.8.